The van der Waals surface area contributed by atoms with Crippen LogP contribution in [0, 0.1) is 12.8 Å². The molecule has 1 saturated heterocycles. The highest BCUT2D eigenvalue weighted by Gasteiger charge is 2.33. The number of carboxylic acids is 1. The fourth-order valence-electron chi connectivity index (χ4n) is 2.82. The van der Waals surface area contributed by atoms with Crippen LogP contribution in [-0.2, 0) is 11.2 Å². The minimum absolute atomic E-state index is 0.00941. The molecule has 5 heteroatoms. The molecule has 0 aliphatic carbocycles. The molecule has 2 rings (SSSR count). The Labute approximate surface area is 123 Å². The third kappa shape index (κ3) is 2.87. The van der Waals surface area contributed by atoms with Crippen molar-refractivity contribution in [1.29, 1.82) is 0 Å². The Bertz CT molecular complexity index is 523. The number of likely N-dealkylation sites (tertiary alicyclic amines) is 1. The van der Waals surface area contributed by atoms with E-state index < -0.39 is 5.97 Å². The van der Waals surface area contributed by atoms with Gasteiger partial charge in [-0.2, -0.15) is 0 Å². The van der Waals surface area contributed by atoms with Crippen molar-refractivity contribution in [1.82, 2.24) is 4.90 Å². The molecule has 2 unspecified atom stereocenters. The van der Waals surface area contributed by atoms with Crippen molar-refractivity contribution in [2.24, 2.45) is 5.92 Å². The third-order valence-corrected chi connectivity index (χ3v) is 5.18. The second kappa shape index (κ2) is 5.95. The molecule has 1 aliphatic rings. The number of aryl methyl sites for hydroxylation is 2. The quantitative estimate of drug-likeness (QED) is 0.932. The van der Waals surface area contributed by atoms with E-state index in [4.69, 9.17) is 5.11 Å². The van der Waals surface area contributed by atoms with E-state index in [1.807, 2.05) is 24.8 Å². The van der Waals surface area contributed by atoms with Crippen molar-refractivity contribution in [3.63, 3.8) is 0 Å². The van der Waals surface area contributed by atoms with E-state index in [9.17, 15) is 9.59 Å². The van der Waals surface area contributed by atoms with E-state index >= 15 is 0 Å². The molecule has 0 radical (unpaired) electrons. The Morgan fingerprint density at radius 3 is 2.70 bits per heavy atom. The third-order valence-electron chi connectivity index (χ3n) is 4.10. The van der Waals surface area contributed by atoms with E-state index in [-0.39, 0.29) is 17.9 Å². The van der Waals surface area contributed by atoms with Gasteiger partial charge in [0.1, 0.15) is 0 Å². The first kappa shape index (κ1) is 15.0. The highest BCUT2D eigenvalue weighted by atomic mass is 32.1. The lowest BCUT2D eigenvalue weighted by atomic mass is 9.91. The summed E-state index contributed by atoms with van der Waals surface area (Å²) < 4.78 is 0. The molecule has 0 aromatic carbocycles. The van der Waals surface area contributed by atoms with Gasteiger partial charge >= 0.3 is 5.97 Å². The normalized spacial score (nSPS) is 22.9. The second-order valence-electron chi connectivity index (χ2n) is 5.45. The maximum absolute atomic E-state index is 12.6. The van der Waals surface area contributed by atoms with E-state index in [0.717, 1.165) is 11.3 Å². The zero-order chi connectivity index (χ0) is 14.9. The maximum Gasteiger partial charge on any atom is 0.306 e. The van der Waals surface area contributed by atoms with Crippen molar-refractivity contribution < 1.29 is 14.7 Å². The Balaban J connectivity index is 2.11. The average molecular weight is 295 g/mol. The molecule has 2 atom stereocenters. The number of carbonyl (C=O) groups is 2. The number of aliphatic carboxylic acids is 1. The zero-order valence-corrected chi connectivity index (χ0v) is 13.0. The SMILES string of the molecule is CCc1cc(C(=O)N2CCC(C(=O)O)CC2C)sc1C. The van der Waals surface area contributed by atoms with Gasteiger partial charge in [-0.3, -0.25) is 9.59 Å². The van der Waals surface area contributed by atoms with Crippen LogP contribution >= 0.6 is 11.3 Å². The van der Waals surface area contributed by atoms with Crippen LogP contribution in [0.4, 0.5) is 0 Å². The first-order valence-electron chi connectivity index (χ1n) is 7.07. The number of hydrogen-bond donors (Lipinski definition) is 1. The number of amides is 1. The van der Waals surface area contributed by atoms with Crippen molar-refractivity contribution in [3.05, 3.63) is 21.4 Å². The highest BCUT2D eigenvalue weighted by molar-refractivity contribution is 7.14. The van der Waals surface area contributed by atoms with Crippen LogP contribution in [0.1, 0.15) is 46.8 Å². The van der Waals surface area contributed by atoms with Crippen LogP contribution in [-0.4, -0.2) is 34.5 Å². The molecule has 20 heavy (non-hydrogen) atoms. The van der Waals surface area contributed by atoms with Gasteiger partial charge in [0.25, 0.3) is 5.91 Å². The van der Waals surface area contributed by atoms with Crippen molar-refractivity contribution in [2.45, 2.75) is 46.1 Å². The number of hydrogen-bond acceptors (Lipinski definition) is 3. The lowest BCUT2D eigenvalue weighted by Gasteiger charge is -2.36. The molecule has 1 aromatic heterocycles. The summed E-state index contributed by atoms with van der Waals surface area (Å²) in [5, 5.41) is 9.07. The van der Waals surface area contributed by atoms with Gasteiger partial charge in [0.05, 0.1) is 10.8 Å². The Kier molecular flexibility index (Phi) is 4.48. The summed E-state index contributed by atoms with van der Waals surface area (Å²) in [7, 11) is 0. The molecule has 1 amide bonds. The van der Waals surface area contributed by atoms with Gasteiger partial charge in [0, 0.05) is 17.5 Å². The molecule has 1 aromatic rings. The topological polar surface area (TPSA) is 57.6 Å². The minimum Gasteiger partial charge on any atom is -0.481 e. The summed E-state index contributed by atoms with van der Waals surface area (Å²) in [6.45, 7) is 6.61. The van der Waals surface area contributed by atoms with Crippen molar-refractivity contribution >= 4 is 23.2 Å². The first-order valence-corrected chi connectivity index (χ1v) is 7.88. The van der Waals surface area contributed by atoms with E-state index in [0.29, 0.717) is 19.4 Å². The summed E-state index contributed by atoms with van der Waals surface area (Å²) >= 11 is 1.54. The Morgan fingerprint density at radius 1 is 1.50 bits per heavy atom. The number of carboxylic acid groups (broad SMARTS) is 1. The second-order valence-corrected chi connectivity index (χ2v) is 6.71. The van der Waals surface area contributed by atoms with Crippen LogP contribution in [0.25, 0.3) is 0 Å². The van der Waals surface area contributed by atoms with Crippen molar-refractivity contribution in [2.75, 3.05) is 6.54 Å². The molecule has 0 saturated carbocycles. The van der Waals surface area contributed by atoms with E-state index in [1.165, 1.54) is 10.4 Å². The van der Waals surface area contributed by atoms with Crippen LogP contribution in [0.15, 0.2) is 6.07 Å². The number of thiophene rings is 1. The monoisotopic (exact) mass is 295 g/mol. The van der Waals surface area contributed by atoms with Crippen LogP contribution in [0.2, 0.25) is 0 Å². The average Bonchev–Trinajstić information content (AvgIpc) is 2.79. The molecule has 1 aliphatic heterocycles. The maximum atomic E-state index is 12.6. The van der Waals surface area contributed by atoms with Gasteiger partial charge in [0.2, 0.25) is 0 Å². The fraction of sp³-hybridized carbons (Fsp3) is 0.600. The van der Waals surface area contributed by atoms with Gasteiger partial charge in [0.15, 0.2) is 0 Å². The number of piperidine rings is 1. The number of rotatable bonds is 3. The summed E-state index contributed by atoms with van der Waals surface area (Å²) in [4.78, 5) is 27.4. The van der Waals surface area contributed by atoms with Crippen LogP contribution < -0.4 is 0 Å². The summed E-state index contributed by atoms with van der Waals surface area (Å²) in [5.74, 6) is -1.01. The van der Waals surface area contributed by atoms with Crippen LogP contribution in [0.5, 0.6) is 0 Å². The van der Waals surface area contributed by atoms with Gasteiger partial charge in [-0.25, -0.2) is 0 Å². The first-order chi connectivity index (χ1) is 9.43. The largest absolute Gasteiger partial charge is 0.481 e. The molecule has 2 heterocycles. The molecule has 0 spiro atoms. The molecule has 1 N–H and O–H groups in total. The molecule has 1 fully saturated rings. The highest BCUT2D eigenvalue weighted by Crippen LogP contribution is 2.28. The predicted molar refractivity (Wildman–Crippen MR) is 79.3 cm³/mol. The van der Waals surface area contributed by atoms with Crippen molar-refractivity contribution in [3.8, 4) is 0 Å². The fourth-order valence-corrected chi connectivity index (χ4v) is 3.89. The molecule has 0 bridgehead atoms. The Hall–Kier alpha value is -1.36. The van der Waals surface area contributed by atoms with Crippen LogP contribution in [0.3, 0.4) is 0 Å². The van der Waals surface area contributed by atoms with Gasteiger partial charge < -0.3 is 10.0 Å². The summed E-state index contributed by atoms with van der Waals surface area (Å²) in [6.07, 6.45) is 2.04. The number of nitrogens with zero attached hydrogens (tertiary/aromatic N) is 1. The van der Waals surface area contributed by atoms with Gasteiger partial charge in [-0.1, -0.05) is 6.92 Å². The van der Waals surface area contributed by atoms with E-state index in [1.54, 1.807) is 11.3 Å². The molecule has 4 nitrogen and oxygen atoms in total. The van der Waals surface area contributed by atoms with E-state index in [2.05, 4.69) is 6.92 Å². The molecular formula is C15H21NO3S. The smallest absolute Gasteiger partial charge is 0.306 e. The van der Waals surface area contributed by atoms with Gasteiger partial charge in [-0.15, -0.1) is 11.3 Å². The standard InChI is InChI=1S/C15H21NO3S/c1-4-11-8-13(20-10(11)3)14(17)16-6-5-12(15(18)19)7-9(16)2/h8-9,12H,4-7H2,1-3H3,(H,18,19). The lowest BCUT2D eigenvalue weighted by Crippen LogP contribution is -2.45. The summed E-state index contributed by atoms with van der Waals surface area (Å²) in [6, 6.07) is 1.98. The minimum atomic E-state index is -0.746. The molecule has 110 valence electrons. The zero-order valence-electron chi connectivity index (χ0n) is 12.2. The number of carbonyl (C=O) groups excluding carboxylic acids is 1. The Morgan fingerprint density at radius 2 is 2.20 bits per heavy atom. The lowest BCUT2D eigenvalue weighted by molar-refractivity contribution is -0.143. The summed E-state index contributed by atoms with van der Waals surface area (Å²) in [5.41, 5.74) is 1.23. The molecular weight excluding hydrogens is 274 g/mol. The predicted octanol–water partition coefficient (Wildman–Crippen LogP) is 2.94. The van der Waals surface area contributed by atoms with Gasteiger partial charge in [-0.05, 0) is 44.7 Å².